The second kappa shape index (κ2) is 8.99. The van der Waals surface area contributed by atoms with Gasteiger partial charge in [0.1, 0.15) is 21.7 Å². The highest BCUT2D eigenvalue weighted by Gasteiger charge is 2.33. The molecule has 4 rings (SSSR count). The van der Waals surface area contributed by atoms with Gasteiger partial charge < -0.3 is 15.2 Å². The molecule has 1 aromatic carbocycles. The minimum Gasteiger partial charge on any atom is -0.342 e. The molecule has 9 nitrogen and oxygen atoms in total. The van der Waals surface area contributed by atoms with E-state index in [1.807, 2.05) is 0 Å². The fourth-order valence-electron chi connectivity index (χ4n) is 3.09. The number of nitrogens with zero attached hydrogens (tertiary/aromatic N) is 5. The molecule has 3 heterocycles. The monoisotopic (exact) mass is 509 g/mol. The van der Waals surface area contributed by atoms with Crippen LogP contribution in [0.4, 0.5) is 18.9 Å². The van der Waals surface area contributed by atoms with Gasteiger partial charge in [0.15, 0.2) is 11.3 Å². The lowest BCUT2D eigenvalue weighted by Gasteiger charge is -2.12. The first-order valence-corrected chi connectivity index (χ1v) is 10.8. The number of carbonyl (C=O) groups is 2. The van der Waals surface area contributed by atoms with Gasteiger partial charge in [0.25, 0.3) is 11.8 Å². The first-order chi connectivity index (χ1) is 16.0. The third-order valence-corrected chi connectivity index (χ3v) is 6.23. The Morgan fingerprint density at radius 3 is 2.65 bits per heavy atom. The van der Waals surface area contributed by atoms with Gasteiger partial charge in [0.2, 0.25) is 0 Å². The average Bonchev–Trinajstić information content (AvgIpc) is 3.42. The molecular formula is C20H15ClF3N7O2S. The maximum atomic E-state index is 13.0. The van der Waals surface area contributed by atoms with E-state index in [1.54, 1.807) is 18.5 Å². The molecule has 1 unspecified atom stereocenters. The van der Waals surface area contributed by atoms with Crippen LogP contribution in [0.15, 0.2) is 37.1 Å². The van der Waals surface area contributed by atoms with Crippen LogP contribution in [0.1, 0.15) is 43.7 Å². The Balaban J connectivity index is 1.47. The Morgan fingerprint density at radius 2 is 1.91 bits per heavy atom. The lowest BCUT2D eigenvalue weighted by atomic mass is 10.2. The van der Waals surface area contributed by atoms with Crippen molar-refractivity contribution < 1.29 is 22.8 Å². The van der Waals surface area contributed by atoms with Gasteiger partial charge in [-0.3, -0.25) is 9.59 Å². The number of aromatic nitrogens is 5. The van der Waals surface area contributed by atoms with Crippen LogP contribution in [0, 0.1) is 0 Å². The molecule has 2 amide bonds. The van der Waals surface area contributed by atoms with Crippen LogP contribution < -0.4 is 10.6 Å². The second-order valence-electron chi connectivity index (χ2n) is 7.15. The molecule has 14 heteroatoms. The summed E-state index contributed by atoms with van der Waals surface area (Å²) in [7, 11) is 1.71. The molecule has 1 atom stereocenters. The van der Waals surface area contributed by atoms with Gasteiger partial charge in [-0.2, -0.15) is 13.2 Å². The van der Waals surface area contributed by atoms with Gasteiger partial charge in [-0.25, -0.2) is 19.9 Å². The van der Waals surface area contributed by atoms with Gasteiger partial charge in [-0.05, 0) is 25.1 Å². The van der Waals surface area contributed by atoms with Crippen LogP contribution in [0.25, 0.3) is 11.2 Å². The van der Waals surface area contributed by atoms with Gasteiger partial charge in [0.05, 0.1) is 29.2 Å². The fraction of sp³-hybridized carbons (Fsp3) is 0.200. The van der Waals surface area contributed by atoms with E-state index >= 15 is 0 Å². The van der Waals surface area contributed by atoms with E-state index in [0.29, 0.717) is 16.2 Å². The molecule has 0 aliphatic carbocycles. The molecule has 34 heavy (non-hydrogen) atoms. The Labute approximate surface area is 199 Å². The zero-order valence-electron chi connectivity index (χ0n) is 17.5. The van der Waals surface area contributed by atoms with E-state index in [1.165, 1.54) is 24.9 Å². The standard InChI is InChI=1S/C20H15ClF3N7O2S/c1-9(29-18(33)14-15-16(27-7-26-14)28-8-31(15)2)19-25-6-13(34-19)17(32)30-10-3-4-12(21)11(5-10)20(22,23)24/h3-9H,1-2H3,(H,29,33)(H,30,32). The van der Waals surface area contributed by atoms with Crippen molar-refractivity contribution in [3.63, 3.8) is 0 Å². The summed E-state index contributed by atoms with van der Waals surface area (Å²) in [5.41, 5.74) is -0.149. The van der Waals surface area contributed by atoms with E-state index in [9.17, 15) is 22.8 Å². The van der Waals surface area contributed by atoms with Crippen molar-refractivity contribution in [2.75, 3.05) is 5.32 Å². The van der Waals surface area contributed by atoms with Gasteiger partial charge >= 0.3 is 6.18 Å². The van der Waals surface area contributed by atoms with Crippen LogP contribution >= 0.6 is 22.9 Å². The minimum absolute atomic E-state index is 0.0676. The fourth-order valence-corrected chi connectivity index (χ4v) is 4.13. The van der Waals surface area contributed by atoms with Crippen LogP contribution in [-0.4, -0.2) is 36.3 Å². The first-order valence-electron chi connectivity index (χ1n) is 9.61. The third-order valence-electron chi connectivity index (χ3n) is 4.72. The van der Waals surface area contributed by atoms with Gasteiger partial charge in [-0.1, -0.05) is 11.6 Å². The molecule has 0 saturated heterocycles. The van der Waals surface area contributed by atoms with Crippen LogP contribution in [0.5, 0.6) is 0 Å². The predicted molar refractivity (Wildman–Crippen MR) is 119 cm³/mol. The molecule has 0 bridgehead atoms. The van der Waals surface area contributed by atoms with E-state index < -0.39 is 34.6 Å². The zero-order valence-corrected chi connectivity index (χ0v) is 19.1. The smallest absolute Gasteiger partial charge is 0.342 e. The minimum atomic E-state index is -4.66. The molecule has 0 spiro atoms. The van der Waals surface area contributed by atoms with Crippen LogP contribution in [-0.2, 0) is 13.2 Å². The number of rotatable bonds is 5. The summed E-state index contributed by atoms with van der Waals surface area (Å²) in [6.07, 6.45) is -0.623. The van der Waals surface area contributed by atoms with E-state index in [4.69, 9.17) is 11.6 Å². The number of halogens is 4. The van der Waals surface area contributed by atoms with Gasteiger partial charge in [-0.15, -0.1) is 11.3 Å². The molecule has 2 N–H and O–H groups in total. The molecule has 0 fully saturated rings. The Bertz CT molecular complexity index is 1400. The topological polar surface area (TPSA) is 115 Å². The molecule has 0 aliphatic rings. The maximum Gasteiger partial charge on any atom is 0.417 e. The number of nitrogens with one attached hydrogen (secondary N) is 2. The quantitative estimate of drug-likeness (QED) is 0.416. The number of benzene rings is 1. The second-order valence-corrected chi connectivity index (χ2v) is 8.62. The number of fused-ring (bicyclic) bond motifs is 1. The molecule has 3 aromatic heterocycles. The number of amides is 2. The summed E-state index contributed by atoms with van der Waals surface area (Å²) < 4.78 is 40.8. The number of carbonyl (C=O) groups excluding carboxylic acids is 2. The molecule has 176 valence electrons. The SMILES string of the molecule is CC(NC(=O)c1ncnc2ncn(C)c12)c1ncc(C(=O)Nc2ccc(Cl)c(C(F)(F)F)c2)s1. The Hall–Kier alpha value is -3.58. The van der Waals surface area contributed by atoms with Crippen molar-refractivity contribution in [3.8, 4) is 0 Å². The summed E-state index contributed by atoms with van der Waals surface area (Å²) in [6, 6.07) is 2.50. The number of hydrogen-bond donors (Lipinski definition) is 2. The van der Waals surface area contributed by atoms with Crippen molar-refractivity contribution in [3.05, 3.63) is 63.2 Å². The normalized spacial score (nSPS) is 12.5. The molecule has 0 aliphatic heterocycles. The number of hydrogen-bond acceptors (Lipinski definition) is 7. The zero-order chi connectivity index (χ0) is 24.6. The lowest BCUT2D eigenvalue weighted by molar-refractivity contribution is -0.137. The summed E-state index contributed by atoms with van der Waals surface area (Å²) in [5, 5.41) is 5.11. The van der Waals surface area contributed by atoms with Crippen molar-refractivity contribution in [1.82, 2.24) is 29.8 Å². The summed E-state index contributed by atoms with van der Waals surface area (Å²) >= 11 is 6.60. The number of aryl methyl sites for hydroxylation is 1. The molecular weight excluding hydrogens is 495 g/mol. The van der Waals surface area contributed by atoms with E-state index in [-0.39, 0.29) is 16.3 Å². The summed E-state index contributed by atoms with van der Waals surface area (Å²) in [4.78, 5) is 41.7. The number of imidazole rings is 1. The number of alkyl halides is 3. The highest BCUT2D eigenvalue weighted by molar-refractivity contribution is 7.13. The van der Waals surface area contributed by atoms with Gasteiger partial charge in [0, 0.05) is 12.7 Å². The average molecular weight is 510 g/mol. The lowest BCUT2D eigenvalue weighted by Crippen LogP contribution is -2.28. The molecule has 0 saturated carbocycles. The first kappa shape index (κ1) is 23.6. The summed E-state index contributed by atoms with van der Waals surface area (Å²) in [5.74, 6) is -1.13. The Kier molecular flexibility index (Phi) is 6.23. The van der Waals surface area contributed by atoms with Crippen molar-refractivity contribution >= 4 is 51.6 Å². The van der Waals surface area contributed by atoms with Crippen molar-refractivity contribution in [1.29, 1.82) is 0 Å². The number of anilines is 1. The Morgan fingerprint density at radius 1 is 1.15 bits per heavy atom. The third kappa shape index (κ3) is 4.70. The van der Waals surface area contributed by atoms with E-state index in [2.05, 4.69) is 30.6 Å². The van der Waals surface area contributed by atoms with Crippen molar-refractivity contribution in [2.24, 2.45) is 7.05 Å². The maximum absolute atomic E-state index is 13.0. The highest BCUT2D eigenvalue weighted by Crippen LogP contribution is 2.36. The van der Waals surface area contributed by atoms with Crippen molar-refractivity contribution in [2.45, 2.75) is 19.1 Å². The van der Waals surface area contributed by atoms with E-state index in [0.717, 1.165) is 23.5 Å². The predicted octanol–water partition coefficient (Wildman–Crippen LogP) is 4.24. The highest BCUT2D eigenvalue weighted by atomic mass is 35.5. The summed E-state index contributed by atoms with van der Waals surface area (Å²) in [6.45, 7) is 1.68. The molecule has 4 aromatic rings. The van der Waals surface area contributed by atoms with Crippen LogP contribution in [0.2, 0.25) is 5.02 Å². The number of thiazole rings is 1. The molecule has 0 radical (unpaired) electrons. The van der Waals surface area contributed by atoms with Crippen LogP contribution in [0.3, 0.4) is 0 Å². The largest absolute Gasteiger partial charge is 0.417 e.